The van der Waals surface area contributed by atoms with Crippen LogP contribution in [0.4, 0.5) is 0 Å². The van der Waals surface area contributed by atoms with Gasteiger partial charge in [0.1, 0.15) is 0 Å². The summed E-state index contributed by atoms with van der Waals surface area (Å²) in [6.45, 7) is 4.64. The molecule has 2 heterocycles. The zero-order valence-corrected chi connectivity index (χ0v) is 37.2. The van der Waals surface area contributed by atoms with Gasteiger partial charge in [-0.1, -0.05) is 39.5 Å². The number of thiophene rings is 2. The van der Waals surface area contributed by atoms with Crippen molar-refractivity contribution in [1.29, 1.82) is 0 Å². The molecule has 4 heteroatoms. The van der Waals surface area contributed by atoms with Crippen LogP contribution in [0.3, 0.4) is 0 Å². The Hall–Kier alpha value is 0.217. The summed E-state index contributed by atoms with van der Waals surface area (Å²) in [5, 5.41) is 6.44. The molecule has 44 heavy (non-hydrogen) atoms. The van der Waals surface area contributed by atoms with Crippen molar-refractivity contribution in [2.75, 3.05) is 0 Å². The molecule has 0 nitrogen and oxygen atoms in total. The fourth-order valence-electron chi connectivity index (χ4n) is 6.81. The molecule has 4 aromatic rings. The van der Waals surface area contributed by atoms with Gasteiger partial charge >= 0.3 is 251 Å². The van der Waals surface area contributed by atoms with E-state index in [9.17, 15) is 0 Å². The van der Waals surface area contributed by atoms with E-state index < -0.39 is 36.8 Å². The second kappa shape index (κ2) is 17.6. The minimum absolute atomic E-state index is 1.24. The zero-order chi connectivity index (χ0) is 31.7. The van der Waals surface area contributed by atoms with Crippen molar-refractivity contribution in [1.82, 2.24) is 0 Å². The van der Waals surface area contributed by atoms with Gasteiger partial charge in [-0.05, 0) is 0 Å². The van der Waals surface area contributed by atoms with Crippen molar-refractivity contribution < 1.29 is 0 Å². The summed E-state index contributed by atoms with van der Waals surface area (Å²) in [5.74, 6) is 0. The topological polar surface area (TPSA) is 0 Å². The monoisotopic (exact) mass is 848 g/mol. The van der Waals surface area contributed by atoms with E-state index >= 15 is 0 Å². The third-order valence-electron chi connectivity index (χ3n) is 9.61. The standard InChI is InChI=1S/C34H46S2.6CH3.2Sn/c1-3-5-7-9-11-13-15-17-19-27-25-29-21-23-36-34(29)32-28(20-18-16-14-12-10-8-6-4-2)26-30-22-24-35-33(30)31(27)32;;;;;;;;/h21-22,25-26H,3-20H2,1-2H3;6*1H3;;. The molecule has 0 N–H and O–H groups in total. The van der Waals surface area contributed by atoms with Crippen LogP contribution in [-0.4, -0.2) is 36.8 Å². The van der Waals surface area contributed by atoms with Crippen LogP contribution >= 0.6 is 22.7 Å². The van der Waals surface area contributed by atoms with E-state index in [0.29, 0.717) is 0 Å². The molecule has 0 atom stereocenters. The van der Waals surface area contributed by atoms with Gasteiger partial charge in [-0.25, -0.2) is 0 Å². The van der Waals surface area contributed by atoms with Crippen molar-refractivity contribution >= 4 is 96.2 Å². The molecule has 2 aromatic carbocycles. The Morgan fingerprint density at radius 1 is 0.432 bits per heavy atom. The Morgan fingerprint density at radius 3 is 1.07 bits per heavy atom. The molecule has 0 unspecified atom stereocenters. The molecule has 0 radical (unpaired) electrons. The van der Waals surface area contributed by atoms with Crippen molar-refractivity contribution in [3.8, 4) is 0 Å². The van der Waals surface area contributed by atoms with Crippen LogP contribution in [0.1, 0.15) is 128 Å². The Kier molecular flexibility index (Phi) is 14.8. The normalized spacial score (nSPS) is 12.8. The number of fused-ring (bicyclic) bond motifs is 5. The van der Waals surface area contributed by atoms with Crippen molar-refractivity contribution in [3.63, 3.8) is 0 Å². The van der Waals surface area contributed by atoms with Gasteiger partial charge in [-0.15, -0.1) is 0 Å². The quantitative estimate of drug-likeness (QED) is 0.0614. The molecule has 0 amide bonds. The Labute approximate surface area is 287 Å². The molecule has 0 aliphatic heterocycles. The Morgan fingerprint density at radius 2 is 0.750 bits per heavy atom. The van der Waals surface area contributed by atoms with Gasteiger partial charge in [0.05, 0.1) is 0 Å². The average Bonchev–Trinajstić information content (AvgIpc) is 3.60. The van der Waals surface area contributed by atoms with E-state index in [4.69, 9.17) is 0 Å². The fourth-order valence-corrected chi connectivity index (χ4v) is 19.7. The van der Waals surface area contributed by atoms with E-state index in [2.05, 4.69) is 90.4 Å². The Bertz CT molecular complexity index is 1350. The summed E-state index contributed by atoms with van der Waals surface area (Å²) in [7, 11) is 0. The predicted octanol–water partition coefficient (Wildman–Crippen LogP) is 13.7. The van der Waals surface area contributed by atoms with Gasteiger partial charge in [0.15, 0.2) is 0 Å². The first-order chi connectivity index (χ1) is 21.0. The number of hydrogen-bond acceptors (Lipinski definition) is 2. The third-order valence-corrected chi connectivity index (χ3v) is 30.8. The first-order valence-electron chi connectivity index (χ1n) is 18.5. The van der Waals surface area contributed by atoms with E-state index in [1.165, 1.54) is 116 Å². The summed E-state index contributed by atoms with van der Waals surface area (Å²) < 4.78 is 6.73. The Balaban J connectivity index is 1.72. The van der Waals surface area contributed by atoms with Crippen LogP contribution in [-0.2, 0) is 12.8 Å². The van der Waals surface area contributed by atoms with E-state index in [-0.39, 0.29) is 0 Å². The maximum absolute atomic E-state index is 2.66. The number of rotatable bonds is 20. The van der Waals surface area contributed by atoms with Crippen molar-refractivity contribution in [3.05, 3.63) is 35.4 Å². The first kappa shape index (κ1) is 37.0. The second-order valence-electron chi connectivity index (χ2n) is 15.8. The van der Waals surface area contributed by atoms with Gasteiger partial charge < -0.3 is 0 Å². The fraction of sp³-hybridized carbons (Fsp3) is 0.650. The number of aryl methyl sites for hydroxylation is 2. The number of hydrogen-bond donors (Lipinski definition) is 0. The molecule has 0 bridgehead atoms. The molecule has 0 saturated heterocycles. The third kappa shape index (κ3) is 10.1. The molecule has 2 aromatic heterocycles. The van der Waals surface area contributed by atoms with Crippen LogP contribution in [0.5, 0.6) is 0 Å². The number of unbranched alkanes of at least 4 members (excludes halogenated alkanes) is 14. The minimum atomic E-state index is -2.19. The van der Waals surface area contributed by atoms with Crippen LogP contribution in [0.25, 0.3) is 30.9 Å². The van der Waals surface area contributed by atoms with Crippen molar-refractivity contribution in [2.45, 2.75) is 159 Å². The molecular weight excluding hydrogens is 782 g/mol. The molecule has 0 saturated carbocycles. The summed E-state index contributed by atoms with van der Waals surface area (Å²) in [6, 6.07) is 10.6. The van der Waals surface area contributed by atoms with Crippen LogP contribution in [0.15, 0.2) is 24.3 Å². The van der Waals surface area contributed by atoms with Gasteiger partial charge in [0, 0.05) is 0 Å². The van der Waals surface area contributed by atoms with E-state index in [0.717, 1.165) is 0 Å². The zero-order valence-electron chi connectivity index (χ0n) is 29.9. The maximum atomic E-state index is 2.66. The SMILES string of the molecule is CCCCCCCCCCc1cc2c[c]([Sn]([CH3])([CH3])[CH3])sc2c2c(CCCCCCCCCC)cc3c[c]([Sn]([CH3])([CH3])[CH3])sc3c12. The molecule has 0 fully saturated rings. The van der Waals surface area contributed by atoms with Crippen LogP contribution < -0.4 is 5.79 Å². The predicted molar refractivity (Wildman–Crippen MR) is 213 cm³/mol. The molecular formula is C40H64S2Sn2. The summed E-state index contributed by atoms with van der Waals surface area (Å²) in [5.41, 5.74) is 3.32. The second-order valence-corrected chi connectivity index (χ2v) is 48.8. The van der Waals surface area contributed by atoms with E-state index in [1.54, 1.807) is 47.9 Å². The number of benzene rings is 2. The van der Waals surface area contributed by atoms with Gasteiger partial charge in [-0.2, -0.15) is 0 Å². The molecule has 244 valence electrons. The summed E-state index contributed by atoms with van der Waals surface area (Å²) in [4.78, 5) is 15.6. The van der Waals surface area contributed by atoms with Crippen LogP contribution in [0.2, 0.25) is 29.6 Å². The van der Waals surface area contributed by atoms with Gasteiger partial charge in [-0.3, -0.25) is 0 Å². The molecule has 0 spiro atoms. The van der Waals surface area contributed by atoms with Crippen LogP contribution in [0, 0.1) is 0 Å². The molecule has 0 aliphatic carbocycles. The summed E-state index contributed by atoms with van der Waals surface area (Å²) in [6.07, 6.45) is 24.8. The summed E-state index contributed by atoms with van der Waals surface area (Å²) >= 11 is -0.00683. The van der Waals surface area contributed by atoms with Gasteiger partial charge in [0.25, 0.3) is 0 Å². The average molecular weight is 847 g/mol. The van der Waals surface area contributed by atoms with E-state index in [1.807, 2.05) is 0 Å². The molecule has 0 aliphatic rings. The van der Waals surface area contributed by atoms with Gasteiger partial charge in [0.2, 0.25) is 0 Å². The first-order valence-corrected chi connectivity index (χ1v) is 40.1. The molecule has 4 rings (SSSR count). The van der Waals surface area contributed by atoms with Crippen molar-refractivity contribution in [2.24, 2.45) is 0 Å².